The molecule has 3 rings (SSSR count). The molecule has 1 amide bonds. The number of hydrogen-bond acceptors (Lipinski definition) is 5. The lowest BCUT2D eigenvalue weighted by atomic mass is 10.1. The van der Waals surface area contributed by atoms with Crippen LogP contribution >= 0.6 is 0 Å². The maximum atomic E-state index is 12.6. The van der Waals surface area contributed by atoms with Gasteiger partial charge in [-0.25, -0.2) is 0 Å². The van der Waals surface area contributed by atoms with Crippen LogP contribution in [0.15, 0.2) is 48.5 Å². The molecule has 1 saturated carbocycles. The Labute approximate surface area is 144 Å². The summed E-state index contributed by atoms with van der Waals surface area (Å²) in [6.07, 6.45) is 0.917. The fraction of sp³-hybridized carbons (Fsp3) is 0.278. The van der Waals surface area contributed by atoms with E-state index in [2.05, 4.69) is 5.32 Å². The number of nitrogens with one attached hydrogen (secondary N) is 1. The summed E-state index contributed by atoms with van der Waals surface area (Å²) in [6.45, 7) is 0. The number of methoxy groups -OCH3 is 1. The highest BCUT2D eigenvalue weighted by atomic mass is 16.6. The average Bonchev–Trinajstić information content (AvgIpc) is 3.44. The minimum Gasteiger partial charge on any atom is -0.496 e. The van der Waals surface area contributed by atoms with Crippen molar-refractivity contribution in [2.45, 2.75) is 25.0 Å². The smallest absolute Gasteiger partial charge is 0.314 e. The number of carbonyl (C=O) groups is 1. The number of ether oxygens (including phenoxy) is 2. The van der Waals surface area contributed by atoms with Gasteiger partial charge in [-0.3, -0.25) is 14.9 Å². The molecule has 0 radical (unpaired) electrons. The molecule has 1 fully saturated rings. The van der Waals surface area contributed by atoms with Crippen molar-refractivity contribution in [2.75, 3.05) is 7.11 Å². The summed E-state index contributed by atoms with van der Waals surface area (Å²) in [6, 6.07) is 13.4. The maximum Gasteiger partial charge on any atom is 0.314 e. The Morgan fingerprint density at radius 2 is 1.96 bits per heavy atom. The normalized spacial score (nSPS) is 14.4. The van der Waals surface area contributed by atoms with Gasteiger partial charge in [0.1, 0.15) is 5.75 Å². The Balaban J connectivity index is 1.92. The van der Waals surface area contributed by atoms with Gasteiger partial charge in [0.05, 0.1) is 18.1 Å². The highest BCUT2D eigenvalue weighted by molar-refractivity contribution is 5.83. The van der Waals surface area contributed by atoms with Crippen molar-refractivity contribution < 1.29 is 19.2 Å². The van der Waals surface area contributed by atoms with Gasteiger partial charge >= 0.3 is 5.69 Å². The van der Waals surface area contributed by atoms with E-state index in [1.54, 1.807) is 30.3 Å². The molecule has 0 bridgehead atoms. The standard InChI is InChI=1S/C18H18N2O5/c1-24-14-9-10-16(15(11-14)20(22)23)25-17(12-5-3-2-4-6-12)18(21)19-13-7-8-13/h2-6,9-11,13,17H,7-8H2,1H3,(H,19,21). The first-order chi connectivity index (χ1) is 12.1. The van der Waals surface area contributed by atoms with Gasteiger partial charge in [-0.2, -0.15) is 0 Å². The van der Waals surface area contributed by atoms with Crippen LogP contribution in [0, 0.1) is 10.1 Å². The van der Waals surface area contributed by atoms with Gasteiger partial charge in [-0.1, -0.05) is 30.3 Å². The van der Waals surface area contributed by atoms with Gasteiger partial charge < -0.3 is 14.8 Å². The molecule has 1 N–H and O–H groups in total. The zero-order chi connectivity index (χ0) is 17.8. The van der Waals surface area contributed by atoms with Crippen LogP contribution in [-0.4, -0.2) is 24.0 Å². The van der Waals surface area contributed by atoms with Crippen LogP contribution < -0.4 is 14.8 Å². The summed E-state index contributed by atoms with van der Waals surface area (Å²) in [7, 11) is 1.43. The van der Waals surface area contributed by atoms with Crippen molar-refractivity contribution in [3.8, 4) is 11.5 Å². The molecule has 7 heteroatoms. The number of hydrogen-bond donors (Lipinski definition) is 1. The Hall–Kier alpha value is -3.09. The molecule has 2 aromatic carbocycles. The van der Waals surface area contributed by atoms with Crippen LogP contribution in [0.25, 0.3) is 0 Å². The van der Waals surface area contributed by atoms with E-state index in [0.29, 0.717) is 11.3 Å². The number of nitro groups is 1. The maximum absolute atomic E-state index is 12.6. The Kier molecular flexibility index (Phi) is 4.83. The minimum atomic E-state index is -0.964. The molecule has 1 aliphatic carbocycles. The number of nitro benzene ring substituents is 1. The van der Waals surface area contributed by atoms with E-state index in [0.717, 1.165) is 12.8 Å². The van der Waals surface area contributed by atoms with Crippen molar-refractivity contribution in [3.05, 3.63) is 64.2 Å². The molecular weight excluding hydrogens is 324 g/mol. The molecule has 1 aliphatic rings. The Morgan fingerprint density at radius 1 is 1.24 bits per heavy atom. The second-order valence-corrected chi connectivity index (χ2v) is 5.78. The number of carbonyl (C=O) groups excluding carboxylic acids is 1. The predicted molar refractivity (Wildman–Crippen MR) is 90.6 cm³/mol. The first-order valence-corrected chi connectivity index (χ1v) is 7.93. The number of amides is 1. The van der Waals surface area contributed by atoms with E-state index in [4.69, 9.17) is 9.47 Å². The quantitative estimate of drug-likeness (QED) is 0.617. The van der Waals surface area contributed by atoms with Gasteiger partial charge in [0.2, 0.25) is 6.10 Å². The van der Waals surface area contributed by atoms with E-state index < -0.39 is 11.0 Å². The molecule has 0 saturated heterocycles. The third-order valence-electron chi connectivity index (χ3n) is 3.87. The SMILES string of the molecule is COc1ccc(OC(C(=O)NC2CC2)c2ccccc2)c([N+](=O)[O-])c1. The van der Waals surface area contributed by atoms with Crippen LogP contribution in [0.1, 0.15) is 24.5 Å². The van der Waals surface area contributed by atoms with Gasteiger partial charge in [-0.15, -0.1) is 0 Å². The van der Waals surface area contributed by atoms with E-state index in [1.807, 2.05) is 6.07 Å². The molecule has 0 heterocycles. The molecule has 2 aromatic rings. The van der Waals surface area contributed by atoms with Crippen LogP contribution in [0.2, 0.25) is 0 Å². The molecule has 0 spiro atoms. The predicted octanol–water partition coefficient (Wildman–Crippen LogP) is 3.00. The molecule has 25 heavy (non-hydrogen) atoms. The van der Waals surface area contributed by atoms with Crippen LogP contribution in [0.5, 0.6) is 11.5 Å². The Bertz CT molecular complexity index is 774. The summed E-state index contributed by atoms with van der Waals surface area (Å²) < 4.78 is 10.8. The number of benzene rings is 2. The third-order valence-corrected chi connectivity index (χ3v) is 3.87. The summed E-state index contributed by atoms with van der Waals surface area (Å²) in [4.78, 5) is 23.4. The zero-order valence-corrected chi connectivity index (χ0v) is 13.7. The molecular formula is C18H18N2O5. The second kappa shape index (κ2) is 7.21. The first-order valence-electron chi connectivity index (χ1n) is 7.93. The lowest BCUT2D eigenvalue weighted by Crippen LogP contribution is -2.34. The van der Waals surface area contributed by atoms with Crippen LogP contribution in [-0.2, 0) is 4.79 Å². The molecule has 0 aromatic heterocycles. The van der Waals surface area contributed by atoms with E-state index in [-0.39, 0.29) is 23.4 Å². The fourth-order valence-corrected chi connectivity index (χ4v) is 2.40. The summed E-state index contributed by atoms with van der Waals surface area (Å²) in [5.41, 5.74) is 0.380. The number of rotatable bonds is 7. The molecule has 1 unspecified atom stereocenters. The zero-order valence-electron chi connectivity index (χ0n) is 13.7. The first kappa shape index (κ1) is 16.8. The Morgan fingerprint density at radius 3 is 2.56 bits per heavy atom. The summed E-state index contributed by atoms with van der Waals surface area (Å²) in [5, 5.41) is 14.2. The topological polar surface area (TPSA) is 90.7 Å². The van der Waals surface area contributed by atoms with E-state index >= 15 is 0 Å². The van der Waals surface area contributed by atoms with Crippen molar-refractivity contribution in [1.82, 2.24) is 5.32 Å². The van der Waals surface area contributed by atoms with E-state index in [1.165, 1.54) is 19.2 Å². The van der Waals surface area contributed by atoms with Crippen LogP contribution in [0.3, 0.4) is 0 Å². The summed E-state index contributed by atoms with van der Waals surface area (Å²) in [5.74, 6) is 0.0576. The van der Waals surface area contributed by atoms with Crippen LogP contribution in [0.4, 0.5) is 5.69 Å². The minimum absolute atomic E-state index is 0.0191. The van der Waals surface area contributed by atoms with Crippen molar-refractivity contribution in [1.29, 1.82) is 0 Å². The van der Waals surface area contributed by atoms with Gasteiger partial charge in [0, 0.05) is 11.6 Å². The van der Waals surface area contributed by atoms with Crippen molar-refractivity contribution in [3.63, 3.8) is 0 Å². The van der Waals surface area contributed by atoms with Gasteiger partial charge in [0.15, 0.2) is 5.75 Å². The van der Waals surface area contributed by atoms with Crippen molar-refractivity contribution in [2.24, 2.45) is 0 Å². The lowest BCUT2D eigenvalue weighted by Gasteiger charge is -2.19. The highest BCUT2D eigenvalue weighted by Gasteiger charge is 2.31. The number of nitrogens with zero attached hydrogens (tertiary/aromatic N) is 1. The largest absolute Gasteiger partial charge is 0.496 e. The fourth-order valence-electron chi connectivity index (χ4n) is 2.40. The van der Waals surface area contributed by atoms with E-state index in [9.17, 15) is 14.9 Å². The van der Waals surface area contributed by atoms with Gasteiger partial charge in [0.25, 0.3) is 5.91 Å². The average molecular weight is 342 g/mol. The third kappa shape index (κ3) is 4.06. The molecule has 0 aliphatic heterocycles. The monoisotopic (exact) mass is 342 g/mol. The second-order valence-electron chi connectivity index (χ2n) is 5.78. The highest BCUT2D eigenvalue weighted by Crippen LogP contribution is 2.34. The van der Waals surface area contributed by atoms with Gasteiger partial charge in [-0.05, 0) is 25.0 Å². The molecule has 7 nitrogen and oxygen atoms in total. The lowest BCUT2D eigenvalue weighted by molar-refractivity contribution is -0.386. The molecule has 1 atom stereocenters. The van der Waals surface area contributed by atoms with Crippen molar-refractivity contribution >= 4 is 11.6 Å². The summed E-state index contributed by atoms with van der Waals surface area (Å²) >= 11 is 0. The molecule has 130 valence electrons.